The Morgan fingerprint density at radius 3 is 2.32 bits per heavy atom. The van der Waals surface area contributed by atoms with Gasteiger partial charge in [-0.1, -0.05) is 30.3 Å². The van der Waals surface area contributed by atoms with Crippen molar-refractivity contribution in [3.63, 3.8) is 0 Å². The first kappa shape index (κ1) is 23.0. The van der Waals surface area contributed by atoms with Gasteiger partial charge in [0.25, 0.3) is 0 Å². The molecule has 1 aliphatic heterocycles. The minimum atomic E-state index is -1.60. The summed E-state index contributed by atoms with van der Waals surface area (Å²) in [7, 11) is 0. The zero-order chi connectivity index (χ0) is 24.9. The van der Waals surface area contributed by atoms with Gasteiger partial charge < -0.3 is 20.3 Å². The second-order valence-electron chi connectivity index (χ2n) is 8.53. The number of carbonyl (C=O) groups excluding carboxylic acids is 4. The third-order valence-electron chi connectivity index (χ3n) is 6.37. The van der Waals surface area contributed by atoms with Crippen molar-refractivity contribution in [2.45, 2.75) is 33.1 Å². The highest BCUT2D eigenvalue weighted by Crippen LogP contribution is 2.57. The second-order valence-corrected chi connectivity index (χ2v) is 8.53. The lowest BCUT2D eigenvalue weighted by atomic mass is 9.70. The highest BCUT2D eigenvalue weighted by Gasteiger charge is 2.56. The number of aromatic hydroxyl groups is 2. The first-order valence-electron chi connectivity index (χ1n) is 10.6. The van der Waals surface area contributed by atoms with E-state index in [0.717, 1.165) is 6.08 Å². The van der Waals surface area contributed by atoms with Crippen LogP contribution in [0.2, 0.25) is 0 Å². The van der Waals surface area contributed by atoms with E-state index in [0.29, 0.717) is 5.56 Å². The van der Waals surface area contributed by atoms with Gasteiger partial charge in [-0.15, -0.1) is 0 Å². The van der Waals surface area contributed by atoms with Crippen LogP contribution in [0.5, 0.6) is 17.2 Å². The number of rotatable bonds is 5. The highest BCUT2D eigenvalue weighted by molar-refractivity contribution is 6.31. The van der Waals surface area contributed by atoms with Gasteiger partial charge in [-0.25, -0.2) is 0 Å². The summed E-state index contributed by atoms with van der Waals surface area (Å²) in [5.41, 5.74) is -1.23. The van der Waals surface area contributed by atoms with Crippen LogP contribution in [0.3, 0.4) is 0 Å². The zero-order valence-corrected chi connectivity index (χ0v) is 19.1. The molecule has 0 aromatic heterocycles. The van der Waals surface area contributed by atoms with Gasteiger partial charge in [0.1, 0.15) is 34.0 Å². The van der Waals surface area contributed by atoms with Crippen molar-refractivity contribution in [2.75, 3.05) is 6.54 Å². The predicted octanol–water partition coefficient (Wildman–Crippen LogP) is 3.04. The molecule has 0 saturated carbocycles. The number of phenolic OH excluding ortho intramolecular Hbond substituents is 2. The van der Waals surface area contributed by atoms with Crippen molar-refractivity contribution >= 4 is 23.1 Å². The second kappa shape index (κ2) is 7.98. The van der Waals surface area contributed by atoms with E-state index in [1.807, 2.05) is 0 Å². The number of nitrogens with one attached hydrogen (secondary N) is 1. The molecular formula is C26H23NO7. The Morgan fingerprint density at radius 1 is 1.06 bits per heavy atom. The van der Waals surface area contributed by atoms with Crippen LogP contribution < -0.4 is 10.1 Å². The molecule has 174 valence electrons. The molecule has 2 aromatic rings. The van der Waals surface area contributed by atoms with E-state index in [1.54, 1.807) is 30.3 Å². The van der Waals surface area contributed by atoms with Crippen molar-refractivity contribution in [1.82, 2.24) is 5.32 Å². The number of phenols is 2. The summed E-state index contributed by atoms with van der Waals surface area (Å²) in [6.45, 7) is 5.52. The molecule has 0 amide bonds. The van der Waals surface area contributed by atoms with Crippen LogP contribution in [0.15, 0.2) is 53.4 Å². The quantitative estimate of drug-likeness (QED) is 0.352. The zero-order valence-electron chi connectivity index (χ0n) is 19.1. The number of benzene rings is 2. The summed E-state index contributed by atoms with van der Waals surface area (Å²) < 4.78 is 5.73. The van der Waals surface area contributed by atoms with Crippen molar-refractivity contribution in [2.24, 2.45) is 0 Å². The minimum absolute atomic E-state index is 0.0161. The van der Waals surface area contributed by atoms with E-state index in [4.69, 9.17) is 4.74 Å². The van der Waals surface area contributed by atoms with Gasteiger partial charge in [0, 0.05) is 22.9 Å². The topological polar surface area (TPSA) is 130 Å². The normalized spacial score (nSPS) is 20.2. The first-order valence-corrected chi connectivity index (χ1v) is 10.6. The Labute approximate surface area is 195 Å². The predicted molar refractivity (Wildman–Crippen MR) is 122 cm³/mol. The smallest absolute Gasteiger partial charge is 0.194 e. The average Bonchev–Trinajstić information content (AvgIpc) is 3.09. The van der Waals surface area contributed by atoms with Crippen molar-refractivity contribution in [1.29, 1.82) is 0 Å². The van der Waals surface area contributed by atoms with E-state index in [9.17, 15) is 29.4 Å². The molecule has 3 N–H and O–H groups in total. The van der Waals surface area contributed by atoms with E-state index >= 15 is 0 Å². The summed E-state index contributed by atoms with van der Waals surface area (Å²) in [5.74, 6) is -3.05. The van der Waals surface area contributed by atoms with E-state index in [-0.39, 0.29) is 51.8 Å². The molecule has 0 saturated heterocycles. The number of hydrogen-bond acceptors (Lipinski definition) is 8. The number of hydrogen-bond donors (Lipinski definition) is 3. The van der Waals surface area contributed by atoms with Gasteiger partial charge in [-0.3, -0.25) is 19.2 Å². The minimum Gasteiger partial charge on any atom is -0.507 e. The lowest BCUT2D eigenvalue weighted by Crippen LogP contribution is -2.41. The molecule has 4 rings (SSSR count). The van der Waals surface area contributed by atoms with Gasteiger partial charge in [0.05, 0.1) is 17.7 Å². The molecule has 0 bridgehead atoms. The molecule has 0 radical (unpaired) electrons. The Morgan fingerprint density at radius 2 is 1.71 bits per heavy atom. The lowest BCUT2D eigenvalue weighted by Gasteiger charge is -2.29. The Bertz CT molecular complexity index is 1350. The van der Waals surface area contributed by atoms with Crippen LogP contribution >= 0.6 is 0 Å². The van der Waals surface area contributed by atoms with Crippen LogP contribution in [0.4, 0.5) is 0 Å². The number of carbonyl (C=O) groups is 4. The Kier molecular flexibility index (Phi) is 5.39. The SMILES string of the molecule is CC(=O)c1c(O)c(C)c(O)c2c1OC1=CC(=O)C(=C(C)NCC(=O)c3ccccc3)C(=O)C12C. The van der Waals surface area contributed by atoms with Crippen molar-refractivity contribution < 1.29 is 34.1 Å². The third-order valence-corrected chi connectivity index (χ3v) is 6.37. The Balaban J connectivity index is 1.78. The molecule has 1 aliphatic carbocycles. The number of Topliss-reactive ketones (excluding diaryl/α,β-unsaturated/α-hetero) is 3. The van der Waals surface area contributed by atoms with Crippen LogP contribution in [0.25, 0.3) is 0 Å². The number of ether oxygens (including phenoxy) is 1. The molecule has 8 heteroatoms. The third kappa shape index (κ3) is 3.22. The summed E-state index contributed by atoms with van der Waals surface area (Å²) in [6.07, 6.45) is 1.14. The highest BCUT2D eigenvalue weighted by atomic mass is 16.5. The van der Waals surface area contributed by atoms with Crippen LogP contribution in [-0.4, -0.2) is 39.9 Å². The maximum atomic E-state index is 13.7. The molecule has 2 aromatic carbocycles. The fourth-order valence-corrected chi connectivity index (χ4v) is 4.39. The summed E-state index contributed by atoms with van der Waals surface area (Å²) in [5, 5.41) is 24.1. The molecule has 0 fully saturated rings. The van der Waals surface area contributed by atoms with E-state index < -0.39 is 34.3 Å². The van der Waals surface area contributed by atoms with Gasteiger partial charge >= 0.3 is 0 Å². The molecule has 2 aliphatic rings. The largest absolute Gasteiger partial charge is 0.507 e. The van der Waals surface area contributed by atoms with E-state index in [2.05, 4.69) is 5.32 Å². The van der Waals surface area contributed by atoms with Gasteiger partial charge in [-0.05, 0) is 27.7 Å². The number of ketones is 4. The van der Waals surface area contributed by atoms with Crippen LogP contribution in [-0.2, 0) is 15.0 Å². The molecule has 34 heavy (non-hydrogen) atoms. The summed E-state index contributed by atoms with van der Waals surface area (Å²) in [4.78, 5) is 51.3. The van der Waals surface area contributed by atoms with Gasteiger partial charge in [-0.2, -0.15) is 0 Å². The van der Waals surface area contributed by atoms with Crippen molar-refractivity contribution in [3.05, 3.63) is 75.7 Å². The molecule has 1 unspecified atom stereocenters. The van der Waals surface area contributed by atoms with Gasteiger partial charge in [0.15, 0.2) is 23.1 Å². The van der Waals surface area contributed by atoms with Gasteiger partial charge in [0.2, 0.25) is 0 Å². The van der Waals surface area contributed by atoms with Crippen LogP contribution in [0, 0.1) is 6.92 Å². The number of allylic oxidation sites excluding steroid dienone is 4. The average molecular weight is 461 g/mol. The number of fused-ring (bicyclic) bond motifs is 3. The first-order chi connectivity index (χ1) is 16.0. The molecule has 1 heterocycles. The lowest BCUT2D eigenvalue weighted by molar-refractivity contribution is -0.123. The summed E-state index contributed by atoms with van der Waals surface area (Å²) >= 11 is 0. The monoisotopic (exact) mass is 461 g/mol. The standard InChI is InChI=1S/C26H23NO7/c1-12-22(31)20(14(3)28)24-21(23(12)32)26(4)18(34-24)10-16(29)19(25(26)33)13(2)27-11-17(30)15-8-6-5-7-9-15/h5-10,27,31-32H,11H2,1-4H3. The molecule has 0 spiro atoms. The molecule has 1 atom stereocenters. The molecular weight excluding hydrogens is 438 g/mol. The summed E-state index contributed by atoms with van der Waals surface area (Å²) in [6, 6.07) is 8.59. The molecule has 8 nitrogen and oxygen atoms in total. The maximum absolute atomic E-state index is 13.7. The fraction of sp³-hybridized carbons (Fsp3) is 0.231. The van der Waals surface area contributed by atoms with Crippen LogP contribution in [0.1, 0.15) is 52.6 Å². The fourth-order valence-electron chi connectivity index (χ4n) is 4.39. The van der Waals surface area contributed by atoms with Crippen molar-refractivity contribution in [3.8, 4) is 17.2 Å². The van der Waals surface area contributed by atoms with E-state index in [1.165, 1.54) is 27.7 Å². The Hall–Kier alpha value is -4.20. The maximum Gasteiger partial charge on any atom is 0.194 e.